The number of methoxy groups -OCH3 is 2. The maximum Gasteiger partial charge on any atom is 0.225 e. The Balaban J connectivity index is 1.97. The van der Waals surface area contributed by atoms with E-state index in [1.54, 1.807) is 25.3 Å². The molecule has 1 fully saturated rings. The van der Waals surface area contributed by atoms with E-state index in [1.807, 2.05) is 0 Å². The first-order valence-corrected chi connectivity index (χ1v) is 9.18. The Morgan fingerprint density at radius 1 is 1.30 bits per heavy atom. The molecule has 23 heavy (non-hydrogen) atoms. The molecule has 0 atom stereocenters. The van der Waals surface area contributed by atoms with Crippen LogP contribution in [0.4, 0.5) is 5.69 Å². The van der Waals surface area contributed by atoms with Gasteiger partial charge < -0.3 is 14.8 Å². The van der Waals surface area contributed by atoms with Crippen LogP contribution in [0.5, 0.6) is 11.5 Å². The fourth-order valence-electron chi connectivity index (χ4n) is 2.31. The summed E-state index contributed by atoms with van der Waals surface area (Å²) in [4.78, 5) is 12.1. The number of rotatable bonds is 8. The highest BCUT2D eigenvalue weighted by atomic mass is 32.2. The van der Waals surface area contributed by atoms with Crippen LogP contribution in [0.25, 0.3) is 0 Å². The summed E-state index contributed by atoms with van der Waals surface area (Å²) < 4.78 is 35.1. The second kappa shape index (κ2) is 7.18. The summed E-state index contributed by atoms with van der Waals surface area (Å²) in [6, 6.07) is 5.12. The lowest BCUT2D eigenvalue weighted by Crippen LogP contribution is -2.34. The van der Waals surface area contributed by atoms with Crippen molar-refractivity contribution < 1.29 is 22.7 Å². The molecule has 1 N–H and O–H groups in total. The van der Waals surface area contributed by atoms with Crippen LogP contribution in [-0.4, -0.2) is 51.7 Å². The van der Waals surface area contributed by atoms with E-state index in [1.165, 1.54) is 17.7 Å². The summed E-state index contributed by atoms with van der Waals surface area (Å²) in [6.45, 7) is 0.188. The van der Waals surface area contributed by atoms with Crippen molar-refractivity contribution in [3.63, 3.8) is 0 Å². The van der Waals surface area contributed by atoms with E-state index in [9.17, 15) is 13.2 Å². The third-order valence-electron chi connectivity index (χ3n) is 3.62. The van der Waals surface area contributed by atoms with Gasteiger partial charge in [0.25, 0.3) is 0 Å². The Kier molecular flexibility index (Phi) is 5.48. The topological polar surface area (TPSA) is 84.9 Å². The Labute approximate surface area is 136 Å². The molecular formula is C15H22N2O5S. The normalized spacial score (nSPS) is 14.6. The van der Waals surface area contributed by atoms with Crippen molar-refractivity contribution in [2.75, 3.05) is 32.3 Å². The van der Waals surface area contributed by atoms with Crippen molar-refractivity contribution in [2.24, 2.45) is 0 Å². The third kappa shape index (κ3) is 4.84. The van der Waals surface area contributed by atoms with Gasteiger partial charge in [-0.1, -0.05) is 0 Å². The zero-order valence-corrected chi connectivity index (χ0v) is 14.4. The fraction of sp³-hybridized carbons (Fsp3) is 0.533. The predicted octanol–water partition coefficient (Wildman–Crippen LogP) is 1.46. The van der Waals surface area contributed by atoms with Gasteiger partial charge in [0.05, 0.1) is 26.2 Å². The van der Waals surface area contributed by atoms with Gasteiger partial charge in [-0.25, -0.2) is 8.42 Å². The van der Waals surface area contributed by atoms with Crippen molar-refractivity contribution >= 4 is 21.6 Å². The number of carbonyl (C=O) groups excluding carboxylic acids is 1. The number of benzene rings is 1. The van der Waals surface area contributed by atoms with Gasteiger partial charge in [0.15, 0.2) is 0 Å². The summed E-state index contributed by atoms with van der Waals surface area (Å²) in [7, 11) is -0.231. The second-order valence-corrected chi connectivity index (χ2v) is 7.40. The number of sulfonamides is 1. The van der Waals surface area contributed by atoms with E-state index in [0.29, 0.717) is 17.2 Å². The Morgan fingerprint density at radius 3 is 2.52 bits per heavy atom. The van der Waals surface area contributed by atoms with Crippen molar-refractivity contribution in [2.45, 2.75) is 25.3 Å². The first-order valence-electron chi connectivity index (χ1n) is 7.34. The van der Waals surface area contributed by atoms with Crippen molar-refractivity contribution in [3.05, 3.63) is 18.2 Å². The quantitative estimate of drug-likeness (QED) is 0.773. The molecule has 0 radical (unpaired) electrons. The minimum atomic E-state index is -3.28. The number of nitrogens with zero attached hydrogens (tertiary/aromatic N) is 1. The van der Waals surface area contributed by atoms with Crippen LogP contribution < -0.4 is 14.8 Å². The molecule has 0 bridgehead atoms. The molecule has 0 aromatic heterocycles. The number of carbonyl (C=O) groups is 1. The molecular weight excluding hydrogens is 320 g/mol. The average molecular weight is 342 g/mol. The largest absolute Gasteiger partial charge is 0.497 e. The highest BCUT2D eigenvalue weighted by molar-refractivity contribution is 7.88. The molecule has 0 spiro atoms. The second-order valence-electron chi connectivity index (χ2n) is 5.47. The van der Waals surface area contributed by atoms with E-state index in [0.717, 1.165) is 12.8 Å². The molecule has 2 rings (SSSR count). The van der Waals surface area contributed by atoms with Gasteiger partial charge in [-0.2, -0.15) is 4.31 Å². The van der Waals surface area contributed by atoms with Crippen molar-refractivity contribution in [1.82, 2.24) is 4.31 Å². The molecule has 0 unspecified atom stereocenters. The van der Waals surface area contributed by atoms with Gasteiger partial charge in [0.1, 0.15) is 11.5 Å². The molecule has 7 nitrogen and oxygen atoms in total. The molecule has 128 valence electrons. The molecule has 0 aliphatic heterocycles. The Morgan fingerprint density at radius 2 is 2.00 bits per heavy atom. The van der Waals surface area contributed by atoms with Crippen LogP contribution in [0.15, 0.2) is 18.2 Å². The van der Waals surface area contributed by atoms with Crippen LogP contribution in [-0.2, 0) is 14.8 Å². The maximum absolute atomic E-state index is 12.1. The summed E-state index contributed by atoms with van der Waals surface area (Å²) >= 11 is 0. The van der Waals surface area contributed by atoms with Crippen LogP contribution in [0.1, 0.15) is 19.3 Å². The molecule has 1 aliphatic carbocycles. The number of anilines is 1. The highest BCUT2D eigenvalue weighted by Gasteiger charge is 2.34. The van der Waals surface area contributed by atoms with Gasteiger partial charge in [-0.05, 0) is 25.0 Å². The van der Waals surface area contributed by atoms with Crippen LogP contribution >= 0.6 is 0 Å². The van der Waals surface area contributed by atoms with Gasteiger partial charge in [-0.15, -0.1) is 0 Å². The number of nitrogens with one attached hydrogen (secondary N) is 1. The SMILES string of the molecule is COc1ccc(NC(=O)CCN(C2CC2)S(C)(=O)=O)c(OC)c1. The van der Waals surface area contributed by atoms with E-state index in [-0.39, 0.29) is 24.9 Å². The zero-order valence-electron chi connectivity index (χ0n) is 13.5. The maximum atomic E-state index is 12.1. The van der Waals surface area contributed by atoms with Gasteiger partial charge >= 0.3 is 0 Å². The molecule has 1 aromatic rings. The number of amides is 1. The van der Waals surface area contributed by atoms with Gasteiger partial charge in [-0.3, -0.25) is 4.79 Å². The lowest BCUT2D eigenvalue weighted by Gasteiger charge is -2.19. The molecule has 0 heterocycles. The third-order valence-corrected chi connectivity index (χ3v) is 4.95. The first-order chi connectivity index (χ1) is 10.8. The zero-order chi connectivity index (χ0) is 17.0. The molecule has 8 heteroatoms. The van der Waals surface area contributed by atoms with E-state index in [2.05, 4.69) is 5.32 Å². The lowest BCUT2D eigenvalue weighted by atomic mass is 10.2. The molecule has 0 saturated heterocycles. The van der Waals surface area contributed by atoms with Crippen LogP contribution in [0, 0.1) is 0 Å². The predicted molar refractivity (Wildman–Crippen MR) is 87.4 cm³/mol. The smallest absolute Gasteiger partial charge is 0.225 e. The average Bonchev–Trinajstić information content (AvgIpc) is 3.31. The Hall–Kier alpha value is -1.80. The van der Waals surface area contributed by atoms with Gasteiger partial charge in [0.2, 0.25) is 15.9 Å². The lowest BCUT2D eigenvalue weighted by molar-refractivity contribution is -0.116. The van der Waals surface area contributed by atoms with Crippen LogP contribution in [0.2, 0.25) is 0 Å². The summed E-state index contributed by atoms with van der Waals surface area (Å²) in [6.07, 6.45) is 3.00. The summed E-state index contributed by atoms with van der Waals surface area (Å²) in [5, 5.41) is 2.74. The summed E-state index contributed by atoms with van der Waals surface area (Å²) in [5.41, 5.74) is 0.524. The number of ether oxygens (including phenoxy) is 2. The summed E-state index contributed by atoms with van der Waals surface area (Å²) in [5.74, 6) is 0.847. The highest BCUT2D eigenvalue weighted by Crippen LogP contribution is 2.30. The van der Waals surface area contributed by atoms with Crippen LogP contribution in [0.3, 0.4) is 0 Å². The standard InChI is InChI=1S/C15H22N2O5S/c1-21-12-6-7-13(14(10-12)22-2)16-15(18)8-9-17(11-4-5-11)23(3,19)20/h6-7,10-11H,4-5,8-9H2,1-3H3,(H,16,18). The minimum Gasteiger partial charge on any atom is -0.497 e. The number of hydrogen-bond acceptors (Lipinski definition) is 5. The molecule has 1 saturated carbocycles. The van der Waals surface area contributed by atoms with Gasteiger partial charge in [0, 0.05) is 25.1 Å². The van der Waals surface area contributed by atoms with E-state index < -0.39 is 10.0 Å². The first kappa shape index (κ1) is 17.6. The minimum absolute atomic E-state index is 0.0494. The van der Waals surface area contributed by atoms with E-state index in [4.69, 9.17) is 9.47 Å². The van der Waals surface area contributed by atoms with Crippen molar-refractivity contribution in [1.29, 1.82) is 0 Å². The Bertz CT molecular complexity index is 670. The molecule has 1 amide bonds. The monoisotopic (exact) mass is 342 g/mol. The fourth-order valence-corrected chi connectivity index (χ4v) is 3.48. The van der Waals surface area contributed by atoms with E-state index >= 15 is 0 Å². The molecule has 1 aliphatic rings. The number of hydrogen-bond donors (Lipinski definition) is 1. The van der Waals surface area contributed by atoms with Crippen molar-refractivity contribution in [3.8, 4) is 11.5 Å². The molecule has 1 aromatic carbocycles.